The number of carbonyl (C=O) groups is 2. The number of ether oxygens (including phenoxy) is 2. The van der Waals surface area contributed by atoms with Crippen LogP contribution in [0.4, 0.5) is 5.82 Å². The molecular weight excluding hydrogens is 537 g/mol. The van der Waals surface area contributed by atoms with E-state index < -0.39 is 5.79 Å². The summed E-state index contributed by atoms with van der Waals surface area (Å²) < 4.78 is 11.5. The summed E-state index contributed by atoms with van der Waals surface area (Å²) in [6.45, 7) is 6.16. The molecule has 37 heavy (non-hydrogen) atoms. The zero-order valence-electron chi connectivity index (χ0n) is 20.6. The van der Waals surface area contributed by atoms with E-state index in [2.05, 4.69) is 14.9 Å². The summed E-state index contributed by atoms with van der Waals surface area (Å²) in [5, 5.41) is 1.22. The molecule has 2 aromatic rings. The molecule has 1 aromatic heterocycles. The highest BCUT2D eigenvalue weighted by Crippen LogP contribution is 2.32. The van der Waals surface area contributed by atoms with Crippen LogP contribution in [0.25, 0.3) is 0 Å². The number of halogens is 2. The van der Waals surface area contributed by atoms with Crippen molar-refractivity contribution in [2.24, 2.45) is 0 Å². The summed E-state index contributed by atoms with van der Waals surface area (Å²) in [7, 11) is 0. The number of piperidine rings is 1. The van der Waals surface area contributed by atoms with Crippen LogP contribution in [0.1, 0.15) is 30.1 Å². The number of hydrogen-bond donors (Lipinski definition) is 0. The van der Waals surface area contributed by atoms with Gasteiger partial charge in [-0.25, -0.2) is 9.97 Å². The SMILES string of the molecule is CC1CN(c2cc(Cl)nc(SCC(=O)N3CCC4(CC3)OCCO4)n2)CCN1C(=O)c1ccccc1Cl. The largest absolute Gasteiger partial charge is 0.353 e. The minimum absolute atomic E-state index is 0.0308. The molecule has 12 heteroatoms. The van der Waals surface area contributed by atoms with E-state index in [-0.39, 0.29) is 23.6 Å². The third kappa shape index (κ3) is 5.98. The number of anilines is 1. The van der Waals surface area contributed by atoms with Gasteiger partial charge in [-0.2, -0.15) is 0 Å². The van der Waals surface area contributed by atoms with Crippen LogP contribution in [0.2, 0.25) is 10.2 Å². The molecule has 3 aliphatic rings. The van der Waals surface area contributed by atoms with E-state index in [4.69, 9.17) is 32.7 Å². The van der Waals surface area contributed by atoms with Gasteiger partial charge >= 0.3 is 0 Å². The molecule has 0 radical (unpaired) electrons. The number of thioether (sulfide) groups is 1. The van der Waals surface area contributed by atoms with E-state index >= 15 is 0 Å². The smallest absolute Gasteiger partial charge is 0.255 e. The molecule has 1 atom stereocenters. The Labute approximate surface area is 230 Å². The lowest BCUT2D eigenvalue weighted by Crippen LogP contribution is -2.54. The number of hydrogen-bond acceptors (Lipinski definition) is 8. The van der Waals surface area contributed by atoms with Crippen LogP contribution < -0.4 is 4.90 Å². The van der Waals surface area contributed by atoms with Gasteiger partial charge in [0.25, 0.3) is 5.91 Å². The van der Waals surface area contributed by atoms with E-state index in [0.717, 1.165) is 0 Å². The lowest BCUT2D eigenvalue weighted by Gasteiger charge is -2.40. The number of likely N-dealkylation sites (tertiary alicyclic amines) is 1. The zero-order valence-corrected chi connectivity index (χ0v) is 22.9. The normalized spacial score (nSPS) is 21.5. The molecule has 1 spiro atoms. The fraction of sp³-hybridized carbons (Fsp3) is 0.520. The Bertz CT molecular complexity index is 1160. The quantitative estimate of drug-likeness (QED) is 0.309. The molecule has 0 aliphatic carbocycles. The molecule has 2 amide bonds. The molecule has 0 bridgehead atoms. The van der Waals surface area contributed by atoms with Gasteiger partial charge in [0.05, 0.1) is 29.6 Å². The van der Waals surface area contributed by atoms with Crippen molar-refractivity contribution in [3.8, 4) is 0 Å². The van der Waals surface area contributed by atoms with Crippen LogP contribution in [-0.2, 0) is 14.3 Å². The number of rotatable bonds is 5. The van der Waals surface area contributed by atoms with Crippen molar-refractivity contribution >= 4 is 52.6 Å². The maximum absolute atomic E-state index is 13.1. The first-order valence-corrected chi connectivity index (χ1v) is 14.1. The number of benzene rings is 1. The Morgan fingerprint density at radius 3 is 2.51 bits per heavy atom. The van der Waals surface area contributed by atoms with Crippen molar-refractivity contribution in [1.82, 2.24) is 19.8 Å². The first kappa shape index (κ1) is 26.5. The topological polar surface area (TPSA) is 88.1 Å². The third-order valence-electron chi connectivity index (χ3n) is 6.99. The second-order valence-electron chi connectivity index (χ2n) is 9.38. The van der Waals surface area contributed by atoms with Gasteiger partial charge in [0.2, 0.25) is 5.91 Å². The monoisotopic (exact) mass is 565 g/mol. The van der Waals surface area contributed by atoms with Gasteiger partial charge in [-0.05, 0) is 19.1 Å². The Hall–Kier alpha value is -2.11. The van der Waals surface area contributed by atoms with Crippen molar-refractivity contribution in [3.63, 3.8) is 0 Å². The molecule has 9 nitrogen and oxygen atoms in total. The van der Waals surface area contributed by atoms with E-state index in [9.17, 15) is 9.59 Å². The molecule has 4 heterocycles. The van der Waals surface area contributed by atoms with Crippen LogP contribution >= 0.6 is 35.0 Å². The van der Waals surface area contributed by atoms with Gasteiger partial charge in [-0.1, -0.05) is 47.1 Å². The maximum Gasteiger partial charge on any atom is 0.255 e. The maximum atomic E-state index is 13.1. The Balaban J connectivity index is 1.17. The minimum atomic E-state index is -0.506. The van der Waals surface area contributed by atoms with Crippen LogP contribution in [0.5, 0.6) is 0 Å². The van der Waals surface area contributed by atoms with E-state index in [1.165, 1.54) is 11.8 Å². The summed E-state index contributed by atoms with van der Waals surface area (Å²) in [6.07, 6.45) is 1.37. The van der Waals surface area contributed by atoms with Crippen molar-refractivity contribution < 1.29 is 19.1 Å². The van der Waals surface area contributed by atoms with Crippen molar-refractivity contribution in [3.05, 3.63) is 46.1 Å². The third-order valence-corrected chi connectivity index (χ3v) is 8.35. The molecule has 198 valence electrons. The highest BCUT2D eigenvalue weighted by Gasteiger charge is 2.40. The Kier molecular flexibility index (Phi) is 8.11. The Morgan fingerprint density at radius 1 is 1.08 bits per heavy atom. The molecular formula is C25H29Cl2N5O4S. The van der Waals surface area contributed by atoms with Gasteiger partial charge < -0.3 is 24.2 Å². The summed E-state index contributed by atoms with van der Waals surface area (Å²) >= 11 is 13.8. The van der Waals surface area contributed by atoms with Gasteiger partial charge in [0, 0.05) is 57.7 Å². The molecule has 3 aliphatic heterocycles. The molecule has 5 rings (SSSR count). The van der Waals surface area contributed by atoms with Gasteiger partial charge in [-0.15, -0.1) is 0 Å². The van der Waals surface area contributed by atoms with Gasteiger partial charge in [0.15, 0.2) is 10.9 Å². The molecule has 0 saturated carbocycles. The van der Waals surface area contributed by atoms with Crippen molar-refractivity contribution in [1.29, 1.82) is 0 Å². The number of aromatic nitrogens is 2. The lowest BCUT2D eigenvalue weighted by molar-refractivity contribution is -0.186. The predicted molar refractivity (Wildman–Crippen MR) is 142 cm³/mol. The van der Waals surface area contributed by atoms with E-state index in [1.807, 2.05) is 28.9 Å². The average Bonchev–Trinajstić information content (AvgIpc) is 3.35. The molecule has 3 saturated heterocycles. The first-order chi connectivity index (χ1) is 17.8. The zero-order chi connectivity index (χ0) is 26.0. The van der Waals surface area contributed by atoms with Crippen LogP contribution in [0.15, 0.2) is 35.5 Å². The first-order valence-electron chi connectivity index (χ1n) is 12.4. The molecule has 3 fully saturated rings. The predicted octanol–water partition coefficient (Wildman–Crippen LogP) is 3.59. The summed E-state index contributed by atoms with van der Waals surface area (Å²) in [6, 6.07) is 8.76. The molecule has 0 N–H and O–H groups in total. The van der Waals surface area contributed by atoms with Crippen LogP contribution in [-0.4, -0.2) is 95.1 Å². The average molecular weight is 567 g/mol. The summed E-state index contributed by atoms with van der Waals surface area (Å²) in [4.78, 5) is 40.6. The molecule has 1 unspecified atom stereocenters. The number of piperazine rings is 1. The van der Waals surface area contributed by atoms with Crippen molar-refractivity contribution in [2.75, 3.05) is 56.6 Å². The second kappa shape index (κ2) is 11.3. The van der Waals surface area contributed by atoms with Crippen LogP contribution in [0, 0.1) is 0 Å². The summed E-state index contributed by atoms with van der Waals surface area (Å²) in [5.74, 6) is 0.354. The van der Waals surface area contributed by atoms with E-state index in [0.29, 0.717) is 85.5 Å². The number of amides is 2. The fourth-order valence-electron chi connectivity index (χ4n) is 4.97. The van der Waals surface area contributed by atoms with Gasteiger partial charge in [-0.3, -0.25) is 9.59 Å². The minimum Gasteiger partial charge on any atom is -0.353 e. The molecule has 1 aromatic carbocycles. The van der Waals surface area contributed by atoms with Gasteiger partial charge in [0.1, 0.15) is 11.0 Å². The lowest BCUT2D eigenvalue weighted by atomic mass is 10.0. The fourth-order valence-corrected chi connectivity index (χ4v) is 6.17. The second-order valence-corrected chi connectivity index (χ2v) is 11.1. The van der Waals surface area contributed by atoms with E-state index in [1.54, 1.807) is 18.2 Å². The highest BCUT2D eigenvalue weighted by molar-refractivity contribution is 7.99. The number of nitrogens with zero attached hydrogens (tertiary/aromatic N) is 5. The Morgan fingerprint density at radius 2 is 1.81 bits per heavy atom. The summed E-state index contributed by atoms with van der Waals surface area (Å²) in [5.41, 5.74) is 0.505. The highest BCUT2D eigenvalue weighted by atomic mass is 35.5. The number of carbonyl (C=O) groups excluding carboxylic acids is 2. The standard InChI is InChI=1S/C25H29Cl2N5O4S/c1-17-15-31(10-11-32(17)23(34)18-4-2-3-5-19(18)26)21-14-20(27)28-24(29-21)37-16-22(33)30-8-6-25(7-9-30)35-12-13-36-25/h2-5,14,17H,6-13,15-16H2,1H3. The van der Waals surface area contributed by atoms with Crippen molar-refractivity contribution in [2.45, 2.75) is 36.8 Å². The van der Waals surface area contributed by atoms with Crippen LogP contribution in [0.3, 0.4) is 0 Å².